The van der Waals surface area contributed by atoms with Crippen LogP contribution in [0.3, 0.4) is 0 Å². The fourth-order valence-electron chi connectivity index (χ4n) is 2.43. The average Bonchev–Trinajstić information content (AvgIpc) is 2.43. The zero-order valence-electron chi connectivity index (χ0n) is 11.0. The molecule has 1 aromatic heterocycles. The number of amides is 1. The van der Waals surface area contributed by atoms with Crippen molar-refractivity contribution in [3.63, 3.8) is 0 Å². The van der Waals surface area contributed by atoms with Gasteiger partial charge in [-0.05, 0) is 30.4 Å². The number of carboxylic acid groups (broad SMARTS) is 1. The predicted octanol–water partition coefficient (Wildman–Crippen LogP) is 2.97. The first-order valence-corrected chi connectivity index (χ1v) is 7.19. The molecule has 0 aliphatic carbocycles. The SMILES string of the molecule is CCC1CN(C(=O)O)CCC1Nc1nc(Cl)ncc1Cl. The molecule has 0 bridgehead atoms. The van der Waals surface area contributed by atoms with Gasteiger partial charge in [-0.2, -0.15) is 4.98 Å². The Kier molecular flexibility index (Phi) is 4.88. The lowest BCUT2D eigenvalue weighted by Crippen LogP contribution is -2.48. The Morgan fingerprint density at radius 1 is 1.60 bits per heavy atom. The lowest BCUT2D eigenvalue weighted by Gasteiger charge is -2.37. The third kappa shape index (κ3) is 3.43. The predicted molar refractivity (Wildman–Crippen MR) is 77.5 cm³/mol. The highest BCUT2D eigenvalue weighted by atomic mass is 35.5. The van der Waals surface area contributed by atoms with Crippen LogP contribution in [-0.4, -0.2) is 45.2 Å². The van der Waals surface area contributed by atoms with Crippen molar-refractivity contribution >= 4 is 35.1 Å². The summed E-state index contributed by atoms with van der Waals surface area (Å²) in [6.45, 7) is 3.05. The van der Waals surface area contributed by atoms with Crippen LogP contribution < -0.4 is 5.32 Å². The van der Waals surface area contributed by atoms with Gasteiger partial charge in [0, 0.05) is 19.1 Å². The highest BCUT2D eigenvalue weighted by molar-refractivity contribution is 6.33. The summed E-state index contributed by atoms with van der Waals surface area (Å²) in [7, 11) is 0. The number of nitrogens with one attached hydrogen (secondary N) is 1. The summed E-state index contributed by atoms with van der Waals surface area (Å²) in [5, 5.41) is 12.9. The molecule has 2 N–H and O–H groups in total. The van der Waals surface area contributed by atoms with Crippen LogP contribution in [0.25, 0.3) is 0 Å². The van der Waals surface area contributed by atoms with Crippen molar-refractivity contribution in [1.29, 1.82) is 0 Å². The van der Waals surface area contributed by atoms with Crippen LogP contribution in [0.5, 0.6) is 0 Å². The monoisotopic (exact) mass is 318 g/mol. The minimum Gasteiger partial charge on any atom is -0.465 e. The van der Waals surface area contributed by atoms with Crippen molar-refractivity contribution in [1.82, 2.24) is 14.9 Å². The molecule has 110 valence electrons. The molecule has 1 aromatic rings. The lowest BCUT2D eigenvalue weighted by atomic mass is 9.90. The average molecular weight is 319 g/mol. The lowest BCUT2D eigenvalue weighted by molar-refractivity contribution is 0.115. The quantitative estimate of drug-likeness (QED) is 0.838. The summed E-state index contributed by atoms with van der Waals surface area (Å²) in [6.07, 6.45) is 2.16. The fraction of sp³-hybridized carbons (Fsp3) is 0.583. The molecule has 2 heterocycles. The van der Waals surface area contributed by atoms with Gasteiger partial charge in [0.15, 0.2) is 0 Å². The van der Waals surface area contributed by atoms with Crippen LogP contribution in [-0.2, 0) is 0 Å². The van der Waals surface area contributed by atoms with E-state index in [1.54, 1.807) is 0 Å². The number of carbonyl (C=O) groups is 1. The number of hydrogen-bond acceptors (Lipinski definition) is 4. The van der Waals surface area contributed by atoms with E-state index in [1.165, 1.54) is 11.1 Å². The minimum absolute atomic E-state index is 0.124. The molecule has 0 saturated carbocycles. The third-order valence-electron chi connectivity index (χ3n) is 3.57. The second-order valence-electron chi connectivity index (χ2n) is 4.77. The van der Waals surface area contributed by atoms with E-state index < -0.39 is 6.09 Å². The van der Waals surface area contributed by atoms with Crippen LogP contribution >= 0.6 is 23.2 Å². The van der Waals surface area contributed by atoms with Gasteiger partial charge >= 0.3 is 6.09 Å². The second kappa shape index (κ2) is 6.45. The number of aromatic nitrogens is 2. The normalized spacial score (nSPS) is 22.6. The van der Waals surface area contributed by atoms with E-state index in [0.29, 0.717) is 30.4 Å². The zero-order valence-corrected chi connectivity index (χ0v) is 12.5. The van der Waals surface area contributed by atoms with Gasteiger partial charge in [-0.3, -0.25) is 0 Å². The first kappa shape index (κ1) is 15.1. The second-order valence-corrected chi connectivity index (χ2v) is 5.52. The van der Waals surface area contributed by atoms with Gasteiger partial charge in [0.2, 0.25) is 5.28 Å². The van der Waals surface area contributed by atoms with Gasteiger partial charge in [-0.15, -0.1) is 0 Å². The molecule has 1 aliphatic heterocycles. The molecule has 8 heteroatoms. The topological polar surface area (TPSA) is 78.4 Å². The Balaban J connectivity index is 2.09. The minimum atomic E-state index is -0.870. The van der Waals surface area contributed by atoms with Gasteiger partial charge < -0.3 is 15.3 Å². The van der Waals surface area contributed by atoms with E-state index >= 15 is 0 Å². The maximum absolute atomic E-state index is 11.0. The Bertz CT molecular complexity index is 500. The van der Waals surface area contributed by atoms with Crippen molar-refractivity contribution in [2.75, 3.05) is 18.4 Å². The Hall–Kier alpha value is -1.27. The number of piperidine rings is 1. The van der Waals surface area contributed by atoms with Crippen LogP contribution in [0.2, 0.25) is 10.3 Å². The molecule has 2 atom stereocenters. The highest BCUT2D eigenvalue weighted by Crippen LogP contribution is 2.27. The summed E-state index contributed by atoms with van der Waals surface area (Å²) >= 11 is 11.8. The van der Waals surface area contributed by atoms with Gasteiger partial charge in [0.1, 0.15) is 10.8 Å². The van der Waals surface area contributed by atoms with Crippen LogP contribution in [0.15, 0.2) is 6.20 Å². The molecule has 1 amide bonds. The van der Waals surface area contributed by atoms with E-state index in [0.717, 1.165) is 6.42 Å². The molecule has 2 unspecified atom stereocenters. The maximum Gasteiger partial charge on any atom is 0.407 e. The number of nitrogens with zero attached hydrogens (tertiary/aromatic N) is 3. The van der Waals surface area contributed by atoms with Gasteiger partial charge in [-0.1, -0.05) is 18.5 Å². The summed E-state index contributed by atoms with van der Waals surface area (Å²) in [5.74, 6) is 0.712. The molecule has 0 radical (unpaired) electrons. The number of hydrogen-bond donors (Lipinski definition) is 2. The molecule has 1 fully saturated rings. The Morgan fingerprint density at radius 2 is 2.35 bits per heavy atom. The molecule has 2 rings (SSSR count). The molecular formula is C12H16Cl2N4O2. The first-order chi connectivity index (χ1) is 9.51. The van der Waals surface area contributed by atoms with Crippen molar-refractivity contribution in [2.24, 2.45) is 5.92 Å². The number of rotatable bonds is 3. The molecule has 6 nitrogen and oxygen atoms in total. The van der Waals surface area contributed by atoms with E-state index in [1.807, 2.05) is 6.92 Å². The van der Waals surface area contributed by atoms with Crippen molar-refractivity contribution in [2.45, 2.75) is 25.8 Å². The van der Waals surface area contributed by atoms with E-state index in [2.05, 4.69) is 15.3 Å². The smallest absolute Gasteiger partial charge is 0.407 e. The fourth-order valence-corrected chi connectivity index (χ4v) is 2.71. The van der Waals surface area contributed by atoms with Crippen molar-refractivity contribution in [3.8, 4) is 0 Å². The largest absolute Gasteiger partial charge is 0.465 e. The molecule has 20 heavy (non-hydrogen) atoms. The number of anilines is 1. The van der Waals surface area contributed by atoms with Crippen LogP contribution in [0.1, 0.15) is 19.8 Å². The molecule has 1 aliphatic rings. The van der Waals surface area contributed by atoms with Crippen LogP contribution in [0.4, 0.5) is 10.6 Å². The Labute approximate surface area is 127 Å². The number of likely N-dealkylation sites (tertiary alicyclic amines) is 1. The summed E-state index contributed by atoms with van der Waals surface area (Å²) in [6, 6.07) is 0.124. The number of halogens is 2. The van der Waals surface area contributed by atoms with Crippen molar-refractivity contribution in [3.05, 3.63) is 16.5 Å². The molecule has 0 spiro atoms. The third-order valence-corrected chi connectivity index (χ3v) is 4.02. The summed E-state index contributed by atoms with van der Waals surface area (Å²) in [4.78, 5) is 20.3. The van der Waals surface area contributed by atoms with E-state index in [9.17, 15) is 4.79 Å². The molecular weight excluding hydrogens is 303 g/mol. The Morgan fingerprint density at radius 3 is 3.00 bits per heavy atom. The highest BCUT2D eigenvalue weighted by Gasteiger charge is 2.30. The standard InChI is InChI=1S/C12H16Cl2N4O2/c1-2-7-6-18(12(19)20)4-3-9(7)16-10-8(13)5-15-11(14)17-10/h5,7,9H,2-4,6H2,1H3,(H,19,20)(H,15,16,17). The van der Waals surface area contributed by atoms with Gasteiger partial charge in [-0.25, -0.2) is 9.78 Å². The van der Waals surface area contributed by atoms with E-state index in [-0.39, 0.29) is 17.2 Å². The van der Waals surface area contributed by atoms with Crippen molar-refractivity contribution < 1.29 is 9.90 Å². The van der Waals surface area contributed by atoms with Gasteiger partial charge in [0.25, 0.3) is 0 Å². The molecule has 0 aromatic carbocycles. The van der Waals surface area contributed by atoms with Crippen LogP contribution in [0, 0.1) is 5.92 Å². The van der Waals surface area contributed by atoms with Gasteiger partial charge in [0.05, 0.1) is 6.20 Å². The molecule has 1 saturated heterocycles. The zero-order chi connectivity index (χ0) is 14.7. The first-order valence-electron chi connectivity index (χ1n) is 6.43. The summed E-state index contributed by atoms with van der Waals surface area (Å²) < 4.78 is 0. The van der Waals surface area contributed by atoms with E-state index in [4.69, 9.17) is 28.3 Å². The summed E-state index contributed by atoms with van der Waals surface area (Å²) in [5.41, 5.74) is 0. The maximum atomic E-state index is 11.0.